The van der Waals surface area contributed by atoms with Crippen molar-refractivity contribution in [3.05, 3.63) is 4.88 Å². The van der Waals surface area contributed by atoms with E-state index in [0.29, 0.717) is 29.5 Å². The van der Waals surface area contributed by atoms with Gasteiger partial charge in [-0.3, -0.25) is 0 Å². The number of nitrogens with two attached hydrogens (primary N) is 1. The minimum absolute atomic E-state index is 0.0101. The van der Waals surface area contributed by atoms with Crippen LogP contribution < -0.4 is 15.8 Å². The van der Waals surface area contributed by atoms with Crippen molar-refractivity contribution in [3.8, 4) is 11.8 Å². The monoisotopic (exact) mass is 283 g/mol. The maximum Gasteiger partial charge on any atom is 0.178 e. The van der Waals surface area contributed by atoms with Gasteiger partial charge in [0, 0.05) is 6.54 Å². The number of thiophene rings is 1. The number of hydrogen-bond acceptors (Lipinski definition) is 6. The second-order valence-corrected chi connectivity index (χ2v) is 5.65. The Balaban J connectivity index is 2.73. The third-order valence-electron chi connectivity index (χ3n) is 2.19. The first-order valence-electron chi connectivity index (χ1n) is 6.30. The molecule has 0 unspecified atom stereocenters. The van der Waals surface area contributed by atoms with Gasteiger partial charge in [-0.25, -0.2) is 0 Å². The quantitative estimate of drug-likeness (QED) is 0.752. The number of nitriles is 1. The van der Waals surface area contributed by atoms with E-state index < -0.39 is 0 Å². The highest BCUT2D eigenvalue weighted by Crippen LogP contribution is 2.42. The Hall–Kier alpha value is -1.45. The Morgan fingerprint density at radius 2 is 2.00 bits per heavy atom. The number of rotatable bonds is 7. The topological polar surface area (TPSA) is 80.3 Å². The standard InChI is InChI=1S/C13H21N3O2S/c1-8(2)17-6-5-16-13-12(18-9(3)4)11(15)10(7-14)19-13/h8-9,16H,5-6,15H2,1-4H3. The molecule has 0 saturated carbocycles. The van der Waals surface area contributed by atoms with Crippen molar-refractivity contribution in [1.82, 2.24) is 0 Å². The first-order valence-corrected chi connectivity index (χ1v) is 7.11. The number of nitrogens with zero attached hydrogens (tertiary/aromatic N) is 1. The normalized spacial score (nSPS) is 10.8. The van der Waals surface area contributed by atoms with Crippen LogP contribution >= 0.6 is 11.3 Å². The molecule has 0 aliphatic rings. The Kier molecular flexibility index (Phi) is 5.93. The van der Waals surface area contributed by atoms with E-state index in [2.05, 4.69) is 11.4 Å². The molecule has 0 bridgehead atoms. The average molecular weight is 283 g/mol. The van der Waals surface area contributed by atoms with Crippen molar-refractivity contribution in [2.45, 2.75) is 39.9 Å². The zero-order chi connectivity index (χ0) is 14.4. The molecule has 5 nitrogen and oxygen atoms in total. The number of nitrogen functional groups attached to an aromatic ring is 1. The van der Waals surface area contributed by atoms with Crippen molar-refractivity contribution in [1.29, 1.82) is 5.26 Å². The van der Waals surface area contributed by atoms with Crippen LogP contribution in [-0.2, 0) is 4.74 Å². The molecule has 1 rings (SSSR count). The highest BCUT2D eigenvalue weighted by molar-refractivity contribution is 7.17. The zero-order valence-corrected chi connectivity index (χ0v) is 12.6. The van der Waals surface area contributed by atoms with Crippen molar-refractivity contribution in [2.75, 3.05) is 24.2 Å². The maximum absolute atomic E-state index is 9.01. The molecule has 106 valence electrons. The van der Waals surface area contributed by atoms with Crippen LogP contribution in [0.1, 0.15) is 32.6 Å². The number of nitrogens with one attached hydrogen (secondary N) is 1. The third-order valence-corrected chi connectivity index (χ3v) is 3.24. The molecule has 0 atom stereocenters. The molecular formula is C13H21N3O2S. The van der Waals surface area contributed by atoms with E-state index in [0.717, 1.165) is 5.00 Å². The van der Waals surface area contributed by atoms with Gasteiger partial charge >= 0.3 is 0 Å². The highest BCUT2D eigenvalue weighted by Gasteiger charge is 2.18. The average Bonchev–Trinajstić information content (AvgIpc) is 2.62. The summed E-state index contributed by atoms with van der Waals surface area (Å²) in [4.78, 5) is 0.475. The van der Waals surface area contributed by atoms with Gasteiger partial charge in [0.25, 0.3) is 0 Å². The summed E-state index contributed by atoms with van der Waals surface area (Å²) >= 11 is 1.31. The van der Waals surface area contributed by atoms with Crippen molar-refractivity contribution >= 4 is 22.0 Å². The number of anilines is 2. The molecule has 0 fully saturated rings. The highest BCUT2D eigenvalue weighted by atomic mass is 32.1. The van der Waals surface area contributed by atoms with Gasteiger partial charge in [0.15, 0.2) is 5.75 Å². The van der Waals surface area contributed by atoms with E-state index in [1.807, 2.05) is 27.7 Å². The molecule has 0 saturated heterocycles. The van der Waals surface area contributed by atoms with Gasteiger partial charge in [0.1, 0.15) is 21.6 Å². The van der Waals surface area contributed by atoms with E-state index in [1.54, 1.807) is 0 Å². The molecule has 1 heterocycles. The van der Waals surface area contributed by atoms with Gasteiger partial charge in [-0.15, -0.1) is 11.3 Å². The lowest BCUT2D eigenvalue weighted by atomic mass is 10.3. The van der Waals surface area contributed by atoms with Crippen LogP contribution in [0.15, 0.2) is 0 Å². The SMILES string of the molecule is CC(C)OCCNc1sc(C#N)c(N)c1OC(C)C. The van der Waals surface area contributed by atoms with Crippen LogP contribution in [0.25, 0.3) is 0 Å². The van der Waals surface area contributed by atoms with Gasteiger partial charge in [-0.05, 0) is 27.7 Å². The smallest absolute Gasteiger partial charge is 0.178 e. The van der Waals surface area contributed by atoms with E-state index in [4.69, 9.17) is 20.5 Å². The van der Waals surface area contributed by atoms with Crippen molar-refractivity contribution in [3.63, 3.8) is 0 Å². The van der Waals surface area contributed by atoms with Crippen LogP contribution in [0.4, 0.5) is 10.7 Å². The lowest BCUT2D eigenvalue weighted by molar-refractivity contribution is 0.0870. The predicted molar refractivity (Wildman–Crippen MR) is 78.8 cm³/mol. The Labute approximate surface area is 118 Å². The minimum Gasteiger partial charge on any atom is -0.486 e. The first kappa shape index (κ1) is 15.6. The van der Waals surface area contributed by atoms with E-state index in [-0.39, 0.29) is 12.2 Å². The summed E-state index contributed by atoms with van der Waals surface area (Å²) in [6.07, 6.45) is 0.215. The number of ether oxygens (including phenoxy) is 2. The summed E-state index contributed by atoms with van der Waals surface area (Å²) in [6.45, 7) is 9.08. The fraction of sp³-hybridized carbons (Fsp3) is 0.615. The lowest BCUT2D eigenvalue weighted by Gasteiger charge is -2.13. The molecule has 0 spiro atoms. The molecule has 0 radical (unpaired) electrons. The molecule has 1 aromatic rings. The first-order chi connectivity index (χ1) is 8.95. The molecule has 0 aromatic carbocycles. The van der Waals surface area contributed by atoms with E-state index >= 15 is 0 Å². The van der Waals surface area contributed by atoms with Crippen LogP contribution in [0.3, 0.4) is 0 Å². The summed E-state index contributed by atoms with van der Waals surface area (Å²) in [5.41, 5.74) is 6.32. The molecule has 19 heavy (non-hydrogen) atoms. The second kappa shape index (κ2) is 7.22. The summed E-state index contributed by atoms with van der Waals surface area (Å²) in [5, 5.41) is 13.0. The summed E-state index contributed by atoms with van der Waals surface area (Å²) < 4.78 is 11.1. The lowest BCUT2D eigenvalue weighted by Crippen LogP contribution is -2.14. The predicted octanol–water partition coefficient (Wildman–Crippen LogP) is 2.83. The molecule has 0 aliphatic heterocycles. The van der Waals surface area contributed by atoms with Gasteiger partial charge in [-0.2, -0.15) is 5.26 Å². The molecule has 0 amide bonds. The van der Waals surface area contributed by atoms with Gasteiger partial charge in [0.05, 0.1) is 18.8 Å². The maximum atomic E-state index is 9.01. The summed E-state index contributed by atoms with van der Waals surface area (Å²) in [6, 6.07) is 2.08. The Morgan fingerprint density at radius 3 is 2.53 bits per heavy atom. The van der Waals surface area contributed by atoms with Gasteiger partial charge in [0.2, 0.25) is 0 Å². The molecule has 0 aliphatic carbocycles. The second-order valence-electron chi connectivity index (χ2n) is 4.63. The van der Waals surface area contributed by atoms with Crippen molar-refractivity contribution in [2.24, 2.45) is 0 Å². The molecule has 1 aromatic heterocycles. The van der Waals surface area contributed by atoms with E-state index in [1.165, 1.54) is 11.3 Å². The molecule has 3 N–H and O–H groups in total. The zero-order valence-electron chi connectivity index (χ0n) is 11.8. The van der Waals surface area contributed by atoms with Crippen LogP contribution in [-0.4, -0.2) is 25.4 Å². The van der Waals surface area contributed by atoms with Crippen molar-refractivity contribution < 1.29 is 9.47 Å². The van der Waals surface area contributed by atoms with Crippen LogP contribution in [0.2, 0.25) is 0 Å². The minimum atomic E-state index is 0.0101. The fourth-order valence-electron chi connectivity index (χ4n) is 1.44. The Bertz CT molecular complexity index is 449. The summed E-state index contributed by atoms with van der Waals surface area (Å²) in [7, 11) is 0. The van der Waals surface area contributed by atoms with Crippen LogP contribution in [0, 0.1) is 11.3 Å². The fourth-order valence-corrected chi connectivity index (χ4v) is 2.32. The Morgan fingerprint density at radius 1 is 1.32 bits per heavy atom. The third kappa shape index (κ3) is 4.62. The van der Waals surface area contributed by atoms with Gasteiger partial charge in [-0.1, -0.05) is 0 Å². The van der Waals surface area contributed by atoms with Gasteiger partial charge < -0.3 is 20.5 Å². The van der Waals surface area contributed by atoms with E-state index in [9.17, 15) is 0 Å². The number of hydrogen-bond donors (Lipinski definition) is 2. The van der Waals surface area contributed by atoms with Crippen LogP contribution in [0.5, 0.6) is 5.75 Å². The molecule has 6 heteroatoms. The largest absolute Gasteiger partial charge is 0.486 e. The molecular weight excluding hydrogens is 262 g/mol. The summed E-state index contributed by atoms with van der Waals surface area (Å²) in [5.74, 6) is 0.570.